The molecule has 6 nitrogen and oxygen atoms in total. The van der Waals surface area contributed by atoms with Crippen LogP contribution in [0.15, 0.2) is 83.3 Å². The maximum absolute atomic E-state index is 12.0. The van der Waals surface area contributed by atoms with Gasteiger partial charge in [-0.15, -0.1) is 11.8 Å². The van der Waals surface area contributed by atoms with Gasteiger partial charge in [-0.25, -0.2) is 4.98 Å². The highest BCUT2D eigenvalue weighted by Gasteiger charge is 2.31. The normalized spacial score (nSPS) is 15.7. The van der Waals surface area contributed by atoms with E-state index in [0.717, 1.165) is 45.5 Å². The molecule has 1 aromatic heterocycles. The molecule has 0 unspecified atom stereocenters. The molecule has 1 aliphatic heterocycles. The summed E-state index contributed by atoms with van der Waals surface area (Å²) in [5.41, 5.74) is 5.15. The fourth-order valence-corrected chi connectivity index (χ4v) is 5.37. The van der Waals surface area contributed by atoms with Crippen LogP contribution in [-0.2, 0) is 22.7 Å². The van der Waals surface area contributed by atoms with Gasteiger partial charge in [-0.3, -0.25) is 9.69 Å². The first-order chi connectivity index (χ1) is 17.6. The molecular weight excluding hydrogens is 472 g/mol. The number of esters is 1. The minimum absolute atomic E-state index is 0.172. The van der Waals surface area contributed by atoms with Gasteiger partial charge in [0.15, 0.2) is 0 Å². The molecule has 184 valence electrons. The summed E-state index contributed by atoms with van der Waals surface area (Å²) in [6, 6.07) is 26.3. The minimum Gasteiger partial charge on any atom is -0.487 e. The molecule has 0 aliphatic carbocycles. The molecule has 1 saturated heterocycles. The number of carbonyl (C=O) groups excluding carboxylic acids is 1. The summed E-state index contributed by atoms with van der Waals surface area (Å²) >= 11 is 1.75. The zero-order valence-corrected chi connectivity index (χ0v) is 21.2. The number of hydrogen-bond acceptors (Lipinski definition) is 7. The Bertz CT molecular complexity index is 1300. The van der Waals surface area contributed by atoms with Gasteiger partial charge in [-0.2, -0.15) is 0 Å². The first kappa shape index (κ1) is 24.2. The van der Waals surface area contributed by atoms with Crippen LogP contribution in [0.1, 0.15) is 17.0 Å². The average Bonchev–Trinajstić information content (AvgIpc) is 3.54. The van der Waals surface area contributed by atoms with E-state index in [1.807, 2.05) is 61.5 Å². The number of aryl methyl sites for hydroxylation is 1. The molecule has 7 heteroatoms. The van der Waals surface area contributed by atoms with Crippen molar-refractivity contribution >= 4 is 17.7 Å². The van der Waals surface area contributed by atoms with Crippen molar-refractivity contribution in [3.63, 3.8) is 0 Å². The zero-order valence-electron chi connectivity index (χ0n) is 20.3. The molecule has 1 aliphatic rings. The van der Waals surface area contributed by atoms with E-state index in [1.165, 1.54) is 12.7 Å². The number of benzene rings is 3. The number of aromatic nitrogens is 1. The van der Waals surface area contributed by atoms with E-state index in [0.29, 0.717) is 19.0 Å². The molecule has 0 radical (unpaired) electrons. The summed E-state index contributed by atoms with van der Waals surface area (Å²) in [4.78, 5) is 18.8. The summed E-state index contributed by atoms with van der Waals surface area (Å²) in [5.74, 6) is 3.51. The molecular formula is C29H28N2O4S. The zero-order chi connectivity index (χ0) is 24.9. The first-order valence-corrected chi connectivity index (χ1v) is 13.0. The van der Waals surface area contributed by atoms with Gasteiger partial charge < -0.3 is 13.9 Å². The Kier molecular flexibility index (Phi) is 7.39. The van der Waals surface area contributed by atoms with Crippen molar-refractivity contribution in [2.75, 3.05) is 18.7 Å². The summed E-state index contributed by atoms with van der Waals surface area (Å²) in [6.45, 7) is 2.92. The first-order valence-electron chi connectivity index (χ1n) is 11.8. The van der Waals surface area contributed by atoms with Crippen molar-refractivity contribution < 1.29 is 18.7 Å². The minimum atomic E-state index is -0.185. The fourth-order valence-electron chi connectivity index (χ4n) is 4.18. The van der Waals surface area contributed by atoms with Crippen LogP contribution in [0, 0.1) is 6.92 Å². The molecule has 1 atom stereocenters. The van der Waals surface area contributed by atoms with Crippen molar-refractivity contribution in [1.29, 1.82) is 0 Å². The van der Waals surface area contributed by atoms with E-state index >= 15 is 0 Å². The van der Waals surface area contributed by atoms with Gasteiger partial charge in [0.25, 0.3) is 0 Å². The Labute approximate surface area is 215 Å². The smallest absolute Gasteiger partial charge is 0.323 e. The lowest BCUT2D eigenvalue weighted by atomic mass is 10.0. The van der Waals surface area contributed by atoms with E-state index in [9.17, 15) is 4.79 Å². The van der Waals surface area contributed by atoms with E-state index in [1.54, 1.807) is 11.8 Å². The van der Waals surface area contributed by atoms with Gasteiger partial charge in [0.05, 0.1) is 7.11 Å². The van der Waals surface area contributed by atoms with E-state index in [-0.39, 0.29) is 12.0 Å². The average molecular weight is 501 g/mol. The van der Waals surface area contributed by atoms with Crippen molar-refractivity contribution in [2.45, 2.75) is 26.1 Å². The largest absolute Gasteiger partial charge is 0.487 e. The number of oxazole rings is 1. The molecule has 5 rings (SSSR count). The molecule has 3 aromatic carbocycles. The summed E-state index contributed by atoms with van der Waals surface area (Å²) in [5, 5.41) is 0. The summed E-state index contributed by atoms with van der Waals surface area (Å²) in [7, 11) is 1.44. The number of ether oxygens (including phenoxy) is 2. The van der Waals surface area contributed by atoms with Crippen LogP contribution < -0.4 is 4.74 Å². The molecule has 2 heterocycles. The van der Waals surface area contributed by atoms with Gasteiger partial charge in [0.2, 0.25) is 5.89 Å². The number of carbonyl (C=O) groups is 1. The van der Waals surface area contributed by atoms with Crippen LogP contribution in [0.2, 0.25) is 0 Å². The monoisotopic (exact) mass is 500 g/mol. The van der Waals surface area contributed by atoms with Gasteiger partial charge in [0, 0.05) is 23.7 Å². The van der Waals surface area contributed by atoms with Crippen LogP contribution in [0.5, 0.6) is 5.75 Å². The van der Waals surface area contributed by atoms with Gasteiger partial charge in [0.1, 0.15) is 29.9 Å². The lowest BCUT2D eigenvalue weighted by Crippen LogP contribution is -2.38. The number of thioether (sulfide) groups is 1. The lowest BCUT2D eigenvalue weighted by Gasteiger charge is -2.21. The summed E-state index contributed by atoms with van der Waals surface area (Å²) in [6.07, 6.45) is 0. The second kappa shape index (κ2) is 11.0. The highest BCUT2D eigenvalue weighted by atomic mass is 32.2. The SMILES string of the molecule is COC(=O)[C@@H]1CSCN1Cc1ccc(OCc2nc(-c3ccc(-c4ccccc4)cc3)oc2C)cc1. The quantitative estimate of drug-likeness (QED) is 0.277. The third-order valence-electron chi connectivity index (χ3n) is 6.26. The van der Waals surface area contributed by atoms with Crippen LogP contribution in [0.25, 0.3) is 22.6 Å². The highest BCUT2D eigenvalue weighted by molar-refractivity contribution is 7.99. The van der Waals surface area contributed by atoms with Crippen molar-refractivity contribution in [1.82, 2.24) is 9.88 Å². The molecule has 0 saturated carbocycles. The molecule has 36 heavy (non-hydrogen) atoms. The van der Waals surface area contributed by atoms with Crippen LogP contribution in [0.4, 0.5) is 0 Å². The highest BCUT2D eigenvalue weighted by Crippen LogP contribution is 2.27. The van der Waals surface area contributed by atoms with E-state index in [4.69, 9.17) is 13.9 Å². The predicted molar refractivity (Wildman–Crippen MR) is 142 cm³/mol. The Morgan fingerprint density at radius 1 is 1.00 bits per heavy atom. The third kappa shape index (κ3) is 5.48. The van der Waals surface area contributed by atoms with Crippen LogP contribution in [0.3, 0.4) is 0 Å². The Morgan fingerprint density at radius 3 is 2.42 bits per heavy atom. The Hall–Kier alpha value is -3.55. The van der Waals surface area contributed by atoms with Crippen LogP contribution >= 0.6 is 11.8 Å². The molecule has 0 bridgehead atoms. The number of methoxy groups -OCH3 is 1. The Balaban J connectivity index is 1.19. The number of rotatable bonds is 8. The molecule has 4 aromatic rings. The number of hydrogen-bond donors (Lipinski definition) is 0. The maximum Gasteiger partial charge on any atom is 0.323 e. The maximum atomic E-state index is 12.0. The number of nitrogens with zero attached hydrogens (tertiary/aromatic N) is 2. The van der Waals surface area contributed by atoms with Crippen molar-refractivity contribution in [2.24, 2.45) is 0 Å². The van der Waals surface area contributed by atoms with Crippen molar-refractivity contribution in [3.05, 3.63) is 95.9 Å². The van der Waals surface area contributed by atoms with Gasteiger partial charge in [-0.05, 0) is 47.9 Å². The molecule has 1 fully saturated rings. The van der Waals surface area contributed by atoms with E-state index in [2.05, 4.69) is 34.1 Å². The molecule has 0 spiro atoms. The van der Waals surface area contributed by atoms with Crippen molar-refractivity contribution in [3.8, 4) is 28.3 Å². The molecule has 0 N–H and O–H groups in total. The lowest BCUT2D eigenvalue weighted by molar-refractivity contribution is -0.145. The second-order valence-corrected chi connectivity index (χ2v) is 9.68. The summed E-state index contributed by atoms with van der Waals surface area (Å²) < 4.78 is 16.8. The standard InChI is InChI=1S/C29H28N2O4S/c1-20-26(30-28(35-20)24-12-10-23(11-13-24)22-6-4-3-5-7-22)17-34-25-14-8-21(9-15-25)16-31-19-36-18-27(31)29(32)33-2/h3-15,27H,16-19H2,1-2H3/t27-/m0/s1. The van der Waals surface area contributed by atoms with E-state index < -0.39 is 0 Å². The third-order valence-corrected chi connectivity index (χ3v) is 7.33. The Morgan fingerprint density at radius 2 is 1.69 bits per heavy atom. The van der Waals surface area contributed by atoms with Gasteiger partial charge >= 0.3 is 5.97 Å². The fraction of sp³-hybridized carbons (Fsp3) is 0.241. The predicted octanol–water partition coefficient (Wildman–Crippen LogP) is 5.94. The molecule has 0 amide bonds. The van der Waals surface area contributed by atoms with Gasteiger partial charge in [-0.1, -0.05) is 54.6 Å². The van der Waals surface area contributed by atoms with Crippen LogP contribution in [-0.4, -0.2) is 40.6 Å². The second-order valence-electron chi connectivity index (χ2n) is 8.68. The topological polar surface area (TPSA) is 64.8 Å².